The van der Waals surface area contributed by atoms with Crippen LogP contribution in [0.15, 0.2) is 0 Å². The van der Waals surface area contributed by atoms with Gasteiger partial charge >= 0.3 is 0 Å². The number of likely N-dealkylation sites (tertiary alicyclic amines) is 1. The van der Waals surface area contributed by atoms with Gasteiger partial charge in [0.2, 0.25) is 0 Å². The molecular formula is C11H22IN. The minimum atomic E-state index is 0.384. The molecule has 1 aliphatic rings. The highest BCUT2D eigenvalue weighted by Crippen LogP contribution is 2.25. The van der Waals surface area contributed by atoms with Crippen molar-refractivity contribution in [1.29, 1.82) is 0 Å². The molecule has 0 N–H and O–H groups in total. The quantitative estimate of drug-likeness (QED) is 0.558. The molecular weight excluding hydrogens is 273 g/mol. The Kier molecular flexibility index (Phi) is 4.49. The molecule has 1 aliphatic heterocycles. The third-order valence-corrected chi connectivity index (χ3v) is 3.70. The van der Waals surface area contributed by atoms with Crippen molar-refractivity contribution in [3.8, 4) is 0 Å². The van der Waals surface area contributed by atoms with Gasteiger partial charge in [-0.3, -0.25) is 4.90 Å². The Morgan fingerprint density at radius 1 is 1.23 bits per heavy atom. The SMILES string of the molecule is CC(C)(C)N1CCC(CCI)CC1. The number of piperidine rings is 1. The van der Waals surface area contributed by atoms with E-state index in [1.807, 2.05) is 0 Å². The Bertz CT molecular complexity index is 143. The molecule has 0 aliphatic carbocycles. The molecule has 0 aromatic rings. The van der Waals surface area contributed by atoms with E-state index in [-0.39, 0.29) is 0 Å². The van der Waals surface area contributed by atoms with Crippen LogP contribution in [0.1, 0.15) is 40.0 Å². The van der Waals surface area contributed by atoms with Crippen molar-refractivity contribution in [2.24, 2.45) is 5.92 Å². The average Bonchev–Trinajstić information content (AvgIpc) is 2.04. The van der Waals surface area contributed by atoms with Crippen LogP contribution in [-0.4, -0.2) is 28.0 Å². The van der Waals surface area contributed by atoms with E-state index in [4.69, 9.17) is 0 Å². The van der Waals surface area contributed by atoms with Crippen molar-refractivity contribution in [3.63, 3.8) is 0 Å². The number of hydrogen-bond donors (Lipinski definition) is 0. The standard InChI is InChI=1S/C11H22IN/c1-11(2,3)13-8-5-10(4-7-12)6-9-13/h10H,4-9H2,1-3H3. The van der Waals surface area contributed by atoms with Crippen LogP contribution < -0.4 is 0 Å². The molecule has 0 bridgehead atoms. The molecule has 2 heteroatoms. The highest BCUT2D eigenvalue weighted by atomic mass is 127. The van der Waals surface area contributed by atoms with Gasteiger partial charge in [-0.05, 0) is 63.5 Å². The maximum atomic E-state index is 2.62. The summed E-state index contributed by atoms with van der Waals surface area (Å²) in [6, 6.07) is 0. The van der Waals surface area contributed by atoms with Gasteiger partial charge in [0.05, 0.1) is 0 Å². The molecule has 0 radical (unpaired) electrons. The number of nitrogens with zero attached hydrogens (tertiary/aromatic N) is 1. The third kappa shape index (κ3) is 3.74. The zero-order chi connectivity index (χ0) is 9.90. The Hall–Kier alpha value is 0.690. The van der Waals surface area contributed by atoms with Crippen molar-refractivity contribution >= 4 is 22.6 Å². The van der Waals surface area contributed by atoms with Gasteiger partial charge in [0, 0.05) is 5.54 Å². The molecule has 0 spiro atoms. The van der Waals surface area contributed by atoms with Crippen LogP contribution in [0.4, 0.5) is 0 Å². The number of hydrogen-bond acceptors (Lipinski definition) is 1. The summed E-state index contributed by atoms with van der Waals surface area (Å²) in [5.41, 5.74) is 0.384. The van der Waals surface area contributed by atoms with E-state index in [0.717, 1.165) is 5.92 Å². The van der Waals surface area contributed by atoms with Crippen molar-refractivity contribution < 1.29 is 0 Å². The fourth-order valence-electron chi connectivity index (χ4n) is 2.05. The summed E-state index contributed by atoms with van der Waals surface area (Å²) in [5, 5.41) is 0. The first-order chi connectivity index (χ1) is 6.04. The summed E-state index contributed by atoms with van der Waals surface area (Å²) in [6.07, 6.45) is 4.26. The maximum Gasteiger partial charge on any atom is 0.0125 e. The first kappa shape index (κ1) is 11.8. The lowest BCUT2D eigenvalue weighted by molar-refractivity contribution is 0.0870. The fourth-order valence-corrected chi connectivity index (χ4v) is 2.93. The van der Waals surface area contributed by atoms with Crippen molar-refractivity contribution in [1.82, 2.24) is 4.90 Å². The molecule has 0 amide bonds. The van der Waals surface area contributed by atoms with Gasteiger partial charge in [-0.1, -0.05) is 22.6 Å². The average molecular weight is 295 g/mol. The van der Waals surface area contributed by atoms with Crippen LogP contribution in [0.3, 0.4) is 0 Å². The lowest BCUT2D eigenvalue weighted by Crippen LogP contribution is -2.46. The molecule has 1 nitrogen and oxygen atoms in total. The molecule has 0 aromatic heterocycles. The second kappa shape index (κ2) is 4.96. The molecule has 0 aromatic carbocycles. The highest BCUT2D eigenvalue weighted by Gasteiger charge is 2.26. The van der Waals surface area contributed by atoms with Crippen LogP contribution in [0.2, 0.25) is 0 Å². The zero-order valence-corrected chi connectivity index (χ0v) is 11.3. The summed E-state index contributed by atoms with van der Waals surface area (Å²) in [7, 11) is 0. The number of halogens is 1. The van der Waals surface area contributed by atoms with Gasteiger partial charge in [-0.25, -0.2) is 0 Å². The Morgan fingerprint density at radius 2 is 1.77 bits per heavy atom. The summed E-state index contributed by atoms with van der Waals surface area (Å²) < 4.78 is 1.33. The molecule has 1 saturated heterocycles. The molecule has 1 rings (SSSR count). The summed E-state index contributed by atoms with van der Waals surface area (Å²) in [4.78, 5) is 2.62. The van der Waals surface area contributed by atoms with Crippen LogP contribution in [0.5, 0.6) is 0 Å². The largest absolute Gasteiger partial charge is 0.298 e. The minimum absolute atomic E-state index is 0.384. The minimum Gasteiger partial charge on any atom is -0.298 e. The Balaban J connectivity index is 2.30. The molecule has 0 atom stereocenters. The number of rotatable bonds is 2. The van der Waals surface area contributed by atoms with Gasteiger partial charge in [-0.15, -0.1) is 0 Å². The van der Waals surface area contributed by atoms with Crippen LogP contribution in [0.25, 0.3) is 0 Å². The van der Waals surface area contributed by atoms with Gasteiger partial charge < -0.3 is 0 Å². The van der Waals surface area contributed by atoms with E-state index in [2.05, 4.69) is 48.3 Å². The Morgan fingerprint density at radius 3 is 2.15 bits per heavy atom. The van der Waals surface area contributed by atoms with Crippen molar-refractivity contribution in [3.05, 3.63) is 0 Å². The summed E-state index contributed by atoms with van der Waals surface area (Å²) in [5.74, 6) is 1.01. The lowest BCUT2D eigenvalue weighted by Gasteiger charge is -2.40. The van der Waals surface area contributed by atoms with Gasteiger partial charge in [-0.2, -0.15) is 0 Å². The number of alkyl halides is 1. The second-order valence-corrected chi connectivity index (χ2v) is 6.16. The monoisotopic (exact) mass is 295 g/mol. The van der Waals surface area contributed by atoms with Crippen LogP contribution in [-0.2, 0) is 0 Å². The predicted molar refractivity (Wildman–Crippen MR) is 67.6 cm³/mol. The zero-order valence-electron chi connectivity index (χ0n) is 9.15. The first-order valence-corrected chi connectivity index (χ1v) is 6.87. The van der Waals surface area contributed by atoms with Gasteiger partial charge in [0.25, 0.3) is 0 Å². The maximum absolute atomic E-state index is 2.62. The van der Waals surface area contributed by atoms with Gasteiger partial charge in [0.15, 0.2) is 0 Å². The topological polar surface area (TPSA) is 3.24 Å². The molecule has 78 valence electrons. The third-order valence-electron chi connectivity index (χ3n) is 3.08. The molecule has 1 fully saturated rings. The fraction of sp³-hybridized carbons (Fsp3) is 1.00. The highest BCUT2D eigenvalue weighted by molar-refractivity contribution is 14.1. The first-order valence-electron chi connectivity index (χ1n) is 5.35. The molecule has 0 saturated carbocycles. The van der Waals surface area contributed by atoms with E-state index in [1.54, 1.807) is 0 Å². The molecule has 0 unspecified atom stereocenters. The van der Waals surface area contributed by atoms with E-state index < -0.39 is 0 Å². The van der Waals surface area contributed by atoms with E-state index >= 15 is 0 Å². The Labute approximate surface area is 96.4 Å². The predicted octanol–water partition coefficient (Wildman–Crippen LogP) is 3.32. The summed E-state index contributed by atoms with van der Waals surface area (Å²) in [6.45, 7) is 9.60. The smallest absolute Gasteiger partial charge is 0.0125 e. The summed E-state index contributed by atoms with van der Waals surface area (Å²) >= 11 is 2.50. The molecule has 13 heavy (non-hydrogen) atoms. The van der Waals surface area contributed by atoms with E-state index in [9.17, 15) is 0 Å². The van der Waals surface area contributed by atoms with Crippen LogP contribution in [0, 0.1) is 5.92 Å². The van der Waals surface area contributed by atoms with E-state index in [0.29, 0.717) is 5.54 Å². The van der Waals surface area contributed by atoms with Crippen LogP contribution >= 0.6 is 22.6 Å². The lowest BCUT2D eigenvalue weighted by atomic mass is 9.91. The second-order valence-electron chi connectivity index (χ2n) is 5.08. The normalized spacial score (nSPS) is 22.2. The van der Waals surface area contributed by atoms with Crippen molar-refractivity contribution in [2.45, 2.75) is 45.6 Å². The van der Waals surface area contributed by atoms with Crippen molar-refractivity contribution in [2.75, 3.05) is 17.5 Å². The van der Waals surface area contributed by atoms with Gasteiger partial charge in [0.1, 0.15) is 0 Å². The molecule has 1 heterocycles. The van der Waals surface area contributed by atoms with E-state index in [1.165, 1.54) is 36.8 Å².